The van der Waals surface area contributed by atoms with Crippen LogP contribution in [0.1, 0.15) is 31.2 Å². The van der Waals surface area contributed by atoms with Crippen LogP contribution in [-0.2, 0) is 0 Å². The van der Waals surface area contributed by atoms with Crippen molar-refractivity contribution in [3.63, 3.8) is 0 Å². The second kappa shape index (κ2) is 4.36. The van der Waals surface area contributed by atoms with Gasteiger partial charge in [-0.1, -0.05) is 31.0 Å². The third kappa shape index (κ3) is 2.12. The Morgan fingerprint density at radius 1 is 1.18 bits per heavy atom. The fourth-order valence-corrected chi connectivity index (χ4v) is 2.70. The van der Waals surface area contributed by atoms with Gasteiger partial charge in [0.2, 0.25) is 0 Å². The first-order chi connectivity index (χ1) is 8.33. The smallest absolute Gasteiger partial charge is 0.127 e. The van der Waals surface area contributed by atoms with E-state index in [4.69, 9.17) is 0 Å². The maximum Gasteiger partial charge on any atom is 0.127 e. The maximum absolute atomic E-state index is 4.69. The summed E-state index contributed by atoms with van der Waals surface area (Å²) in [6, 6.07) is 11.1. The van der Waals surface area contributed by atoms with Gasteiger partial charge in [-0.25, -0.2) is 4.98 Å². The Kier molecular flexibility index (Phi) is 2.71. The van der Waals surface area contributed by atoms with Crippen molar-refractivity contribution in [3.8, 4) is 0 Å². The molecule has 88 valence electrons. The topological polar surface area (TPSA) is 24.9 Å². The van der Waals surface area contributed by atoms with Crippen molar-refractivity contribution < 1.29 is 0 Å². The van der Waals surface area contributed by atoms with Gasteiger partial charge in [-0.2, -0.15) is 0 Å². The number of hydrogen-bond donors (Lipinski definition) is 1. The molecule has 1 fully saturated rings. The summed E-state index contributed by atoms with van der Waals surface area (Å²) in [6.45, 7) is 2.16. The Bertz CT molecular complexity index is 527. The highest BCUT2D eigenvalue weighted by Crippen LogP contribution is 2.24. The van der Waals surface area contributed by atoms with E-state index in [1.54, 1.807) is 0 Å². The second-order valence-corrected chi connectivity index (χ2v) is 4.97. The predicted octanol–water partition coefficient (Wildman–Crippen LogP) is 3.90. The minimum atomic E-state index is 0.628. The zero-order chi connectivity index (χ0) is 11.7. The molecule has 0 spiro atoms. The van der Waals surface area contributed by atoms with Gasteiger partial charge in [0.25, 0.3) is 0 Å². The van der Waals surface area contributed by atoms with Gasteiger partial charge in [0, 0.05) is 11.4 Å². The SMILES string of the molecule is Cc1cc(NC2CCCC2)nc2ccccc12. The molecule has 1 aromatic heterocycles. The maximum atomic E-state index is 4.69. The fourth-order valence-electron chi connectivity index (χ4n) is 2.70. The third-order valence-electron chi connectivity index (χ3n) is 3.63. The molecule has 1 aliphatic carbocycles. The van der Waals surface area contributed by atoms with Crippen LogP contribution in [0.4, 0.5) is 5.82 Å². The molecule has 2 heteroatoms. The molecule has 0 unspecified atom stereocenters. The molecule has 0 radical (unpaired) electrons. The number of hydrogen-bond acceptors (Lipinski definition) is 2. The lowest BCUT2D eigenvalue weighted by molar-refractivity contribution is 0.751. The van der Waals surface area contributed by atoms with Gasteiger partial charge < -0.3 is 5.32 Å². The highest BCUT2D eigenvalue weighted by Gasteiger charge is 2.15. The van der Waals surface area contributed by atoms with Crippen LogP contribution in [0.25, 0.3) is 10.9 Å². The summed E-state index contributed by atoms with van der Waals surface area (Å²) >= 11 is 0. The summed E-state index contributed by atoms with van der Waals surface area (Å²) in [7, 11) is 0. The summed E-state index contributed by atoms with van der Waals surface area (Å²) in [4.78, 5) is 4.69. The summed E-state index contributed by atoms with van der Waals surface area (Å²) in [5.74, 6) is 1.04. The van der Waals surface area contributed by atoms with E-state index in [9.17, 15) is 0 Å². The summed E-state index contributed by atoms with van der Waals surface area (Å²) in [5.41, 5.74) is 2.39. The Hall–Kier alpha value is -1.57. The Morgan fingerprint density at radius 2 is 1.94 bits per heavy atom. The van der Waals surface area contributed by atoms with Crippen LogP contribution in [0.15, 0.2) is 30.3 Å². The van der Waals surface area contributed by atoms with Crippen molar-refractivity contribution in [2.75, 3.05) is 5.32 Å². The average molecular weight is 226 g/mol. The van der Waals surface area contributed by atoms with Gasteiger partial charge in [0.05, 0.1) is 5.52 Å². The van der Waals surface area contributed by atoms with E-state index in [1.165, 1.54) is 36.6 Å². The number of fused-ring (bicyclic) bond motifs is 1. The Balaban J connectivity index is 1.94. The van der Waals surface area contributed by atoms with Crippen LogP contribution in [-0.4, -0.2) is 11.0 Å². The van der Waals surface area contributed by atoms with E-state index < -0.39 is 0 Å². The first kappa shape index (κ1) is 10.6. The standard InChI is InChI=1S/C15H18N2/c1-11-10-15(16-12-6-2-3-7-12)17-14-9-5-4-8-13(11)14/h4-5,8-10,12H,2-3,6-7H2,1H3,(H,16,17). The minimum Gasteiger partial charge on any atom is -0.367 e. The zero-order valence-corrected chi connectivity index (χ0v) is 10.2. The number of nitrogens with zero attached hydrogens (tertiary/aromatic N) is 1. The van der Waals surface area contributed by atoms with E-state index in [0.717, 1.165) is 11.3 Å². The molecule has 0 amide bonds. The zero-order valence-electron chi connectivity index (χ0n) is 10.2. The first-order valence-electron chi connectivity index (χ1n) is 6.46. The average Bonchev–Trinajstić information content (AvgIpc) is 2.82. The molecule has 1 N–H and O–H groups in total. The van der Waals surface area contributed by atoms with Crippen LogP contribution in [0.3, 0.4) is 0 Å². The second-order valence-electron chi connectivity index (χ2n) is 4.97. The quantitative estimate of drug-likeness (QED) is 0.840. The molecular formula is C15H18N2. The van der Waals surface area contributed by atoms with E-state index in [1.807, 2.05) is 6.07 Å². The van der Waals surface area contributed by atoms with Crippen LogP contribution in [0.5, 0.6) is 0 Å². The number of aryl methyl sites for hydroxylation is 1. The molecule has 2 nitrogen and oxygen atoms in total. The molecule has 1 heterocycles. The van der Waals surface area contributed by atoms with Crippen LogP contribution in [0, 0.1) is 6.92 Å². The van der Waals surface area contributed by atoms with Gasteiger partial charge >= 0.3 is 0 Å². The summed E-state index contributed by atoms with van der Waals surface area (Å²) < 4.78 is 0. The van der Waals surface area contributed by atoms with E-state index in [0.29, 0.717) is 6.04 Å². The third-order valence-corrected chi connectivity index (χ3v) is 3.63. The largest absolute Gasteiger partial charge is 0.367 e. The molecule has 1 aromatic carbocycles. The first-order valence-corrected chi connectivity index (χ1v) is 6.46. The number of benzene rings is 1. The number of para-hydroxylation sites is 1. The van der Waals surface area contributed by atoms with Gasteiger partial charge in [-0.3, -0.25) is 0 Å². The molecule has 1 saturated carbocycles. The van der Waals surface area contributed by atoms with E-state index in [-0.39, 0.29) is 0 Å². The molecule has 0 bridgehead atoms. The van der Waals surface area contributed by atoms with Gasteiger partial charge in [0.15, 0.2) is 0 Å². The minimum absolute atomic E-state index is 0.628. The normalized spacial score (nSPS) is 16.5. The van der Waals surface area contributed by atoms with Crippen molar-refractivity contribution in [1.82, 2.24) is 4.98 Å². The number of anilines is 1. The summed E-state index contributed by atoms with van der Waals surface area (Å²) in [5, 5.41) is 4.82. The lowest BCUT2D eigenvalue weighted by Gasteiger charge is -2.14. The van der Waals surface area contributed by atoms with Crippen molar-refractivity contribution in [1.29, 1.82) is 0 Å². The number of pyridine rings is 1. The molecule has 0 saturated heterocycles. The molecule has 3 rings (SSSR count). The molecular weight excluding hydrogens is 208 g/mol. The molecule has 1 aliphatic rings. The van der Waals surface area contributed by atoms with Crippen molar-refractivity contribution in [2.45, 2.75) is 38.6 Å². The number of rotatable bonds is 2. The molecule has 0 atom stereocenters. The van der Waals surface area contributed by atoms with Gasteiger partial charge in [-0.15, -0.1) is 0 Å². The Morgan fingerprint density at radius 3 is 2.76 bits per heavy atom. The van der Waals surface area contributed by atoms with Crippen LogP contribution in [0.2, 0.25) is 0 Å². The highest BCUT2D eigenvalue weighted by atomic mass is 15.0. The van der Waals surface area contributed by atoms with Crippen molar-refractivity contribution in [2.24, 2.45) is 0 Å². The van der Waals surface area contributed by atoms with Crippen molar-refractivity contribution in [3.05, 3.63) is 35.9 Å². The predicted molar refractivity (Wildman–Crippen MR) is 72.4 cm³/mol. The highest BCUT2D eigenvalue weighted by molar-refractivity contribution is 5.83. The van der Waals surface area contributed by atoms with Crippen LogP contribution < -0.4 is 5.32 Å². The summed E-state index contributed by atoms with van der Waals surface area (Å²) in [6.07, 6.45) is 5.27. The number of nitrogens with one attached hydrogen (secondary N) is 1. The van der Waals surface area contributed by atoms with E-state index in [2.05, 4.69) is 41.5 Å². The van der Waals surface area contributed by atoms with Gasteiger partial charge in [-0.05, 0) is 37.5 Å². The van der Waals surface area contributed by atoms with Gasteiger partial charge in [0.1, 0.15) is 5.82 Å². The van der Waals surface area contributed by atoms with Crippen LogP contribution >= 0.6 is 0 Å². The molecule has 2 aromatic rings. The Labute approximate surface area is 102 Å². The van der Waals surface area contributed by atoms with E-state index >= 15 is 0 Å². The fraction of sp³-hybridized carbons (Fsp3) is 0.400. The lowest BCUT2D eigenvalue weighted by Crippen LogP contribution is -2.15. The molecule has 17 heavy (non-hydrogen) atoms. The lowest BCUT2D eigenvalue weighted by atomic mass is 10.1. The number of aromatic nitrogens is 1. The monoisotopic (exact) mass is 226 g/mol. The van der Waals surface area contributed by atoms with Crippen molar-refractivity contribution >= 4 is 16.7 Å². The molecule has 0 aliphatic heterocycles.